The Morgan fingerprint density at radius 3 is 1.42 bits per heavy atom. The van der Waals surface area contributed by atoms with Crippen LogP contribution in [0.1, 0.15) is 208 Å². The van der Waals surface area contributed by atoms with Crippen LogP contribution >= 0.6 is 45.8 Å². The molecular weight excluding hydrogens is 1130 g/mol. The van der Waals surface area contributed by atoms with E-state index in [9.17, 15) is 0 Å². The number of fused-ring (bicyclic) bond motifs is 5. The SMILES string of the molecule is CCCCC(CC)CN(CC(CC)CCCC)c1cc2c(s1)-c1sc(C3C(=O)/C(=c4\cc5c(s4)=C4SC(=[N+](CC(CC)CCCC)CC(CC)CCCC)C=C4C5(c4ccccc4)c4ccccc4)C3[O-])cc1C2(c1ccccc1)c1ccccc1. The van der Waals surface area contributed by atoms with Crippen molar-refractivity contribution in [3.05, 3.63) is 204 Å². The fourth-order valence-corrected chi connectivity index (χ4v) is 20.5. The Balaban J connectivity index is 1.05. The van der Waals surface area contributed by atoms with Gasteiger partial charge >= 0.3 is 0 Å². The molecule has 8 heteroatoms. The molecule has 0 radical (unpaired) electrons. The summed E-state index contributed by atoms with van der Waals surface area (Å²) in [4.78, 5) is 23.0. The van der Waals surface area contributed by atoms with E-state index < -0.39 is 22.9 Å². The second-order valence-corrected chi connectivity index (χ2v) is 29.7. The molecule has 0 saturated heterocycles. The lowest BCUT2D eigenvalue weighted by atomic mass is 9.67. The molecule has 3 aromatic heterocycles. The van der Waals surface area contributed by atoms with Crippen molar-refractivity contribution < 1.29 is 14.5 Å². The summed E-state index contributed by atoms with van der Waals surface area (Å²) in [5, 5.41) is 18.3. The highest BCUT2D eigenvalue weighted by molar-refractivity contribution is 8.22. The van der Waals surface area contributed by atoms with Crippen LogP contribution in [0.25, 0.3) is 20.2 Å². The van der Waals surface area contributed by atoms with E-state index in [1.54, 1.807) is 22.7 Å². The molecule has 86 heavy (non-hydrogen) atoms. The Morgan fingerprint density at radius 2 is 0.965 bits per heavy atom. The van der Waals surface area contributed by atoms with E-state index in [2.05, 4.69) is 210 Å². The molecule has 1 aliphatic heterocycles. The molecule has 1 saturated carbocycles. The molecule has 11 rings (SSSR count). The number of thiophene rings is 3. The number of hydrogen-bond acceptors (Lipinski definition) is 7. The summed E-state index contributed by atoms with van der Waals surface area (Å²) in [5.41, 5.74) is 9.15. The zero-order chi connectivity index (χ0) is 60.0. The number of hydrogen-bond donors (Lipinski definition) is 0. The van der Waals surface area contributed by atoms with Gasteiger partial charge in [-0.1, -0.05) is 247 Å². The average molecular weight is 1220 g/mol. The third-order valence-electron chi connectivity index (χ3n) is 20.2. The topological polar surface area (TPSA) is 46.4 Å². The standard InChI is InChI=1S/C78H94N2O2S4/c1-9-17-33-53(13-5)49-79(50-54(14-6)34-18-10-2)67-47-63-75(85-67)73-61(77(63,57-37-25-21-26-38-57)58-39-27-22-28-40-58)45-65(83-73)69-71(81)70(72(69)82)66-46-62-74(84-66)76-64(78(62,59-41-29-23-30-42-59)60-43-31-24-32-44-60)48-68(86-76)80(51-55(15-7)35-19-11-3)52-56(16-8)36-20-12-4/h21-32,37-48,53-56,69,71H,9-20,33-36,49-52H2,1-8H3/b70-66+,80-68?. The van der Waals surface area contributed by atoms with Crippen LogP contribution in [-0.4, -0.2) is 47.7 Å². The van der Waals surface area contributed by atoms with Gasteiger partial charge in [-0.2, -0.15) is 0 Å². The lowest BCUT2D eigenvalue weighted by molar-refractivity contribution is -0.539. The Kier molecular flexibility index (Phi) is 20.5. The quantitative estimate of drug-likeness (QED) is 0.0421. The average Bonchev–Trinajstić information content (AvgIpc) is 1.54. The predicted molar refractivity (Wildman–Crippen MR) is 370 cm³/mol. The van der Waals surface area contributed by atoms with Crippen molar-refractivity contribution in [1.29, 1.82) is 0 Å². The van der Waals surface area contributed by atoms with E-state index >= 15 is 9.90 Å². The van der Waals surface area contributed by atoms with Crippen molar-refractivity contribution in [2.24, 2.45) is 23.7 Å². The van der Waals surface area contributed by atoms with E-state index in [1.165, 1.54) is 176 Å². The Bertz CT molecular complexity index is 3490. The van der Waals surface area contributed by atoms with Crippen LogP contribution in [0.2, 0.25) is 0 Å². The number of anilines is 1. The predicted octanol–water partition coefficient (Wildman–Crippen LogP) is 18.7. The zero-order valence-corrected chi connectivity index (χ0v) is 56.1. The molecule has 0 bridgehead atoms. The van der Waals surface area contributed by atoms with Crippen LogP contribution < -0.4 is 19.1 Å². The van der Waals surface area contributed by atoms with Crippen molar-refractivity contribution in [3.63, 3.8) is 0 Å². The van der Waals surface area contributed by atoms with Crippen LogP contribution in [0.15, 0.2) is 151 Å². The summed E-state index contributed by atoms with van der Waals surface area (Å²) >= 11 is 7.32. The fraction of sp³-hybridized carbons (Fsp3) is 0.462. The van der Waals surface area contributed by atoms with Crippen molar-refractivity contribution >= 4 is 72.1 Å². The fourth-order valence-electron chi connectivity index (χ4n) is 15.0. The van der Waals surface area contributed by atoms with Gasteiger partial charge in [0.15, 0.2) is 5.78 Å². The minimum absolute atomic E-state index is 0.0119. The maximum Gasteiger partial charge on any atom is 0.240 e. The number of rotatable bonds is 30. The molecule has 1 fully saturated rings. The van der Waals surface area contributed by atoms with Crippen molar-refractivity contribution in [1.82, 2.24) is 0 Å². The molecule has 0 N–H and O–H groups in total. The van der Waals surface area contributed by atoms with E-state index in [1.807, 2.05) is 23.1 Å². The minimum atomic E-state index is -1.18. The van der Waals surface area contributed by atoms with E-state index in [0.29, 0.717) is 29.2 Å². The summed E-state index contributed by atoms with van der Waals surface area (Å²) < 4.78 is 4.82. The molecule has 4 heterocycles. The number of unbranched alkanes of at least 4 members (excludes halogenated alkanes) is 4. The van der Waals surface area contributed by atoms with Gasteiger partial charge in [0, 0.05) is 66.2 Å². The first-order valence-corrected chi connectivity index (χ1v) is 36.8. The lowest BCUT2D eigenvalue weighted by Gasteiger charge is -2.42. The Labute approximate surface area is 532 Å². The Hall–Kier alpha value is -5.09. The number of benzene rings is 4. The van der Waals surface area contributed by atoms with Crippen molar-refractivity contribution in [2.75, 3.05) is 31.1 Å². The molecule has 3 aliphatic carbocycles. The van der Waals surface area contributed by atoms with Gasteiger partial charge in [0.1, 0.15) is 13.1 Å². The summed E-state index contributed by atoms with van der Waals surface area (Å²) in [6.45, 7) is 23.1. The molecule has 4 aliphatic rings. The highest BCUT2D eigenvalue weighted by Gasteiger charge is 2.54. The molecule has 0 spiro atoms. The number of carbonyl (C=O) groups excluding carboxylic acids is 1. The summed E-state index contributed by atoms with van der Waals surface area (Å²) in [5.74, 6) is 1.74. The third kappa shape index (κ3) is 11.6. The van der Waals surface area contributed by atoms with Gasteiger partial charge in [-0.05, 0) is 125 Å². The van der Waals surface area contributed by atoms with Crippen LogP contribution in [0.5, 0.6) is 0 Å². The summed E-state index contributed by atoms with van der Waals surface area (Å²) in [7, 11) is 0. The molecular formula is C78H94N2O2S4. The van der Waals surface area contributed by atoms with Gasteiger partial charge in [-0.3, -0.25) is 4.79 Å². The highest BCUT2D eigenvalue weighted by Crippen LogP contribution is 2.64. The smallest absolute Gasteiger partial charge is 0.240 e. The van der Waals surface area contributed by atoms with Crippen LogP contribution in [0.4, 0.5) is 5.00 Å². The zero-order valence-electron chi connectivity index (χ0n) is 52.8. The van der Waals surface area contributed by atoms with Gasteiger partial charge in [0.25, 0.3) is 0 Å². The number of carbonyl (C=O) groups is 1. The molecule has 452 valence electrons. The Morgan fingerprint density at radius 1 is 0.523 bits per heavy atom. The maximum absolute atomic E-state index is 15.6. The first kappa shape index (κ1) is 62.5. The van der Waals surface area contributed by atoms with Crippen molar-refractivity contribution in [2.45, 2.75) is 181 Å². The molecule has 6 atom stereocenters. The third-order valence-corrected chi connectivity index (χ3v) is 25.3. The highest BCUT2D eigenvalue weighted by atomic mass is 32.2. The maximum atomic E-state index is 15.6. The van der Waals surface area contributed by atoms with E-state index in [-0.39, 0.29) is 5.78 Å². The first-order chi connectivity index (χ1) is 42.1. The van der Waals surface area contributed by atoms with Crippen LogP contribution in [0.3, 0.4) is 0 Å². The molecule has 4 nitrogen and oxygen atoms in total. The second kappa shape index (κ2) is 28.2. The molecule has 0 amide bonds. The number of thioether (sulfide) groups is 1. The molecule has 7 aromatic rings. The van der Waals surface area contributed by atoms with Gasteiger partial charge in [-0.25, -0.2) is 4.58 Å². The van der Waals surface area contributed by atoms with Crippen molar-refractivity contribution in [3.8, 4) is 9.75 Å². The number of Topliss-reactive ketones (excluding diaryl/α,β-unsaturated/α-hetero) is 1. The van der Waals surface area contributed by atoms with Crippen LogP contribution in [0, 0.1) is 23.7 Å². The first-order valence-electron chi connectivity index (χ1n) is 33.5. The van der Waals surface area contributed by atoms with Gasteiger partial charge in [-0.15, -0.1) is 34.0 Å². The summed E-state index contributed by atoms with van der Waals surface area (Å²) in [6.07, 6.45) is 21.0. The minimum Gasteiger partial charge on any atom is -0.848 e. The summed E-state index contributed by atoms with van der Waals surface area (Å²) in [6, 6.07) is 51.5. The van der Waals surface area contributed by atoms with E-state index in [0.717, 1.165) is 35.6 Å². The lowest BCUT2D eigenvalue weighted by Crippen LogP contribution is -2.52. The normalized spacial score (nSPS) is 19.1. The monoisotopic (exact) mass is 1220 g/mol. The second-order valence-electron chi connectivity index (χ2n) is 25.5. The van der Waals surface area contributed by atoms with Crippen LogP contribution in [-0.2, 0) is 15.6 Å². The molecule has 6 unspecified atom stereocenters. The molecule has 4 aromatic carbocycles. The van der Waals surface area contributed by atoms with Gasteiger partial charge < -0.3 is 10.0 Å². The van der Waals surface area contributed by atoms with Gasteiger partial charge in [0.05, 0.1) is 20.7 Å². The number of nitrogens with zero attached hydrogens (tertiary/aromatic N) is 2. The number of ketones is 1. The van der Waals surface area contributed by atoms with Gasteiger partial charge in [0.2, 0.25) is 5.04 Å². The van der Waals surface area contributed by atoms with E-state index in [4.69, 9.17) is 0 Å². The largest absolute Gasteiger partial charge is 0.848 e.